The van der Waals surface area contributed by atoms with Gasteiger partial charge in [0.25, 0.3) is 5.91 Å². The Bertz CT molecular complexity index is 932. The van der Waals surface area contributed by atoms with E-state index in [1.165, 1.54) is 24.2 Å². The molecule has 1 aliphatic rings. The largest absolute Gasteiger partial charge is 0.497 e. The van der Waals surface area contributed by atoms with Crippen molar-refractivity contribution in [1.82, 2.24) is 15.3 Å². The van der Waals surface area contributed by atoms with Crippen molar-refractivity contribution in [3.05, 3.63) is 59.2 Å². The molecule has 4 rings (SSSR count). The highest BCUT2D eigenvalue weighted by molar-refractivity contribution is 7.13. The fourth-order valence-corrected chi connectivity index (χ4v) is 3.96. The van der Waals surface area contributed by atoms with Crippen LogP contribution in [0.2, 0.25) is 0 Å². The van der Waals surface area contributed by atoms with Crippen LogP contribution in [0.15, 0.2) is 48.0 Å². The summed E-state index contributed by atoms with van der Waals surface area (Å²) in [7, 11) is 1.63. The third kappa shape index (κ3) is 4.14. The molecule has 2 aromatic heterocycles. The third-order valence-electron chi connectivity index (χ3n) is 4.77. The van der Waals surface area contributed by atoms with Crippen molar-refractivity contribution in [3.63, 3.8) is 0 Å². The van der Waals surface area contributed by atoms with E-state index in [0.29, 0.717) is 12.2 Å². The summed E-state index contributed by atoms with van der Waals surface area (Å²) in [4.78, 5) is 23.7. The molecule has 1 N–H and O–H groups in total. The van der Waals surface area contributed by atoms with E-state index in [-0.39, 0.29) is 5.91 Å². The van der Waals surface area contributed by atoms with Gasteiger partial charge in [-0.05, 0) is 42.7 Å². The van der Waals surface area contributed by atoms with Gasteiger partial charge in [-0.3, -0.25) is 4.79 Å². The Morgan fingerprint density at radius 1 is 1.18 bits per heavy atom. The second-order valence-corrected chi connectivity index (χ2v) is 7.53. The van der Waals surface area contributed by atoms with E-state index in [0.717, 1.165) is 40.8 Å². The number of amides is 1. The maximum Gasteiger partial charge on any atom is 0.271 e. The molecule has 1 amide bonds. The molecule has 0 unspecified atom stereocenters. The van der Waals surface area contributed by atoms with Crippen LogP contribution in [0.25, 0.3) is 10.6 Å². The minimum Gasteiger partial charge on any atom is -0.497 e. The first kappa shape index (κ1) is 18.4. The summed E-state index contributed by atoms with van der Waals surface area (Å²) in [5.41, 5.74) is 2.37. The predicted octanol–water partition coefficient (Wildman–Crippen LogP) is 3.74. The monoisotopic (exact) mass is 394 g/mol. The Morgan fingerprint density at radius 3 is 2.64 bits per heavy atom. The van der Waals surface area contributed by atoms with Crippen LogP contribution >= 0.6 is 11.3 Å². The Hall–Kier alpha value is -2.93. The minimum absolute atomic E-state index is 0.181. The first-order valence-electron chi connectivity index (χ1n) is 9.31. The first-order valence-corrected chi connectivity index (χ1v) is 10.2. The Kier molecular flexibility index (Phi) is 5.53. The van der Waals surface area contributed by atoms with E-state index < -0.39 is 0 Å². The summed E-state index contributed by atoms with van der Waals surface area (Å²) in [5, 5.41) is 5.49. The summed E-state index contributed by atoms with van der Waals surface area (Å²) >= 11 is 1.45. The number of anilines is 1. The second-order valence-electron chi connectivity index (χ2n) is 6.67. The topological polar surface area (TPSA) is 67.3 Å². The van der Waals surface area contributed by atoms with Gasteiger partial charge < -0.3 is 15.0 Å². The number of benzene rings is 1. The van der Waals surface area contributed by atoms with Crippen LogP contribution in [0, 0.1) is 0 Å². The zero-order chi connectivity index (χ0) is 19.3. The lowest BCUT2D eigenvalue weighted by Gasteiger charge is -2.15. The summed E-state index contributed by atoms with van der Waals surface area (Å²) in [6, 6.07) is 11.7. The number of methoxy groups -OCH3 is 1. The van der Waals surface area contributed by atoms with Crippen LogP contribution in [-0.4, -0.2) is 36.1 Å². The molecule has 28 heavy (non-hydrogen) atoms. The summed E-state index contributed by atoms with van der Waals surface area (Å²) in [6.07, 6.45) is 4.29. The van der Waals surface area contributed by atoms with E-state index in [1.54, 1.807) is 12.5 Å². The lowest BCUT2D eigenvalue weighted by molar-refractivity contribution is 0.0946. The van der Waals surface area contributed by atoms with Gasteiger partial charge in [-0.15, -0.1) is 11.3 Å². The maximum absolute atomic E-state index is 12.4. The van der Waals surface area contributed by atoms with Gasteiger partial charge in [0, 0.05) is 36.8 Å². The number of carbonyl (C=O) groups is 1. The number of rotatable bonds is 6. The van der Waals surface area contributed by atoms with Crippen LogP contribution in [0.3, 0.4) is 0 Å². The number of ether oxygens (including phenoxy) is 1. The summed E-state index contributed by atoms with van der Waals surface area (Å²) < 4.78 is 5.14. The molecule has 3 heterocycles. The SMILES string of the molecule is COc1ccc(CNC(=O)c2csc(-c3ccc(N4CCCC4)nc3)n2)cc1. The number of nitrogens with one attached hydrogen (secondary N) is 1. The molecule has 144 valence electrons. The van der Waals surface area contributed by atoms with Gasteiger partial charge >= 0.3 is 0 Å². The molecule has 0 aliphatic carbocycles. The average molecular weight is 395 g/mol. The van der Waals surface area contributed by atoms with Crippen LogP contribution in [0.5, 0.6) is 5.75 Å². The van der Waals surface area contributed by atoms with Gasteiger partial charge in [0.15, 0.2) is 0 Å². The second kappa shape index (κ2) is 8.39. The Labute approximate surface area is 168 Å². The number of hydrogen-bond acceptors (Lipinski definition) is 6. The number of hydrogen-bond donors (Lipinski definition) is 1. The number of aromatic nitrogens is 2. The molecular weight excluding hydrogens is 372 g/mol. The molecule has 6 nitrogen and oxygen atoms in total. The Morgan fingerprint density at radius 2 is 1.96 bits per heavy atom. The molecule has 0 atom stereocenters. The maximum atomic E-state index is 12.4. The molecule has 0 spiro atoms. The van der Waals surface area contributed by atoms with Crippen molar-refractivity contribution in [2.45, 2.75) is 19.4 Å². The number of nitrogens with zero attached hydrogens (tertiary/aromatic N) is 3. The van der Waals surface area contributed by atoms with Gasteiger partial charge in [0.05, 0.1) is 7.11 Å². The zero-order valence-corrected chi connectivity index (χ0v) is 16.5. The highest BCUT2D eigenvalue weighted by Crippen LogP contribution is 2.25. The fraction of sp³-hybridized carbons (Fsp3) is 0.286. The normalized spacial score (nSPS) is 13.5. The van der Waals surface area contributed by atoms with Crippen molar-refractivity contribution < 1.29 is 9.53 Å². The van der Waals surface area contributed by atoms with Gasteiger partial charge in [-0.1, -0.05) is 12.1 Å². The van der Waals surface area contributed by atoms with E-state index in [2.05, 4.69) is 20.2 Å². The summed E-state index contributed by atoms with van der Waals surface area (Å²) in [5.74, 6) is 1.62. The molecule has 1 aliphatic heterocycles. The van der Waals surface area contributed by atoms with E-state index >= 15 is 0 Å². The van der Waals surface area contributed by atoms with E-state index in [4.69, 9.17) is 4.74 Å². The predicted molar refractivity (Wildman–Crippen MR) is 111 cm³/mol. The molecular formula is C21H22N4O2S. The lowest BCUT2D eigenvalue weighted by Crippen LogP contribution is -2.23. The molecule has 7 heteroatoms. The molecule has 1 aromatic carbocycles. The first-order chi connectivity index (χ1) is 13.7. The minimum atomic E-state index is -0.181. The molecule has 0 bridgehead atoms. The molecule has 0 radical (unpaired) electrons. The smallest absolute Gasteiger partial charge is 0.271 e. The van der Waals surface area contributed by atoms with Crippen LogP contribution in [0.1, 0.15) is 28.9 Å². The van der Waals surface area contributed by atoms with Crippen LogP contribution < -0.4 is 15.0 Å². The molecule has 0 saturated carbocycles. The van der Waals surface area contributed by atoms with Crippen molar-refractivity contribution >= 4 is 23.1 Å². The van der Waals surface area contributed by atoms with Crippen molar-refractivity contribution in [1.29, 1.82) is 0 Å². The van der Waals surface area contributed by atoms with Crippen molar-refractivity contribution in [2.75, 3.05) is 25.1 Å². The molecule has 3 aromatic rings. The number of thiazole rings is 1. The van der Waals surface area contributed by atoms with Crippen molar-refractivity contribution in [3.8, 4) is 16.3 Å². The molecule has 1 fully saturated rings. The third-order valence-corrected chi connectivity index (χ3v) is 5.67. The quantitative estimate of drug-likeness (QED) is 0.690. The van der Waals surface area contributed by atoms with Gasteiger partial charge in [-0.25, -0.2) is 9.97 Å². The zero-order valence-electron chi connectivity index (χ0n) is 15.7. The fourth-order valence-electron chi connectivity index (χ4n) is 3.17. The number of carbonyl (C=O) groups excluding carboxylic acids is 1. The van der Waals surface area contributed by atoms with Crippen LogP contribution in [0.4, 0.5) is 5.82 Å². The highest BCUT2D eigenvalue weighted by atomic mass is 32.1. The van der Waals surface area contributed by atoms with Gasteiger partial charge in [0.1, 0.15) is 22.3 Å². The number of pyridine rings is 1. The highest BCUT2D eigenvalue weighted by Gasteiger charge is 2.15. The Balaban J connectivity index is 1.38. The summed E-state index contributed by atoms with van der Waals surface area (Å²) in [6.45, 7) is 2.59. The average Bonchev–Trinajstić information content (AvgIpc) is 3.45. The van der Waals surface area contributed by atoms with Crippen molar-refractivity contribution in [2.24, 2.45) is 0 Å². The standard InChI is InChI=1S/C21H22N4O2S/c1-27-17-7-4-15(5-8-17)12-23-20(26)18-14-28-21(24-18)16-6-9-19(22-13-16)25-10-2-3-11-25/h4-9,13-14H,2-3,10-12H2,1H3,(H,23,26). The van der Waals surface area contributed by atoms with Gasteiger partial charge in [-0.2, -0.15) is 0 Å². The van der Waals surface area contributed by atoms with Gasteiger partial charge in [0.2, 0.25) is 0 Å². The van der Waals surface area contributed by atoms with E-state index in [1.807, 2.05) is 42.6 Å². The van der Waals surface area contributed by atoms with Crippen LogP contribution in [-0.2, 0) is 6.54 Å². The van der Waals surface area contributed by atoms with E-state index in [9.17, 15) is 4.79 Å². The molecule has 1 saturated heterocycles. The lowest BCUT2D eigenvalue weighted by atomic mass is 10.2.